The second kappa shape index (κ2) is 10.5. The monoisotopic (exact) mass is 486 g/mol. The van der Waals surface area contributed by atoms with E-state index in [-0.39, 0.29) is 22.6 Å². The summed E-state index contributed by atoms with van der Waals surface area (Å²) in [5.41, 5.74) is 0.914. The number of anilines is 1. The predicted molar refractivity (Wildman–Crippen MR) is 123 cm³/mol. The molecule has 180 valence electrons. The van der Waals surface area contributed by atoms with Crippen LogP contribution in [0.2, 0.25) is 0 Å². The first-order valence-electron chi connectivity index (χ1n) is 10.7. The molecule has 0 saturated carbocycles. The molecule has 1 saturated heterocycles. The Bertz CT molecular complexity index is 1210. The standard InChI is InChI=1S/C23H26N4O6S/c1-4-33-23(29)20-13-17(14-24)21(25-15(20)2)27-11-9-16(10-12-27)22(28)26-34(30,31)19-7-5-18(32-3)6-8-19/h5-8,13,16H,4,9-12H2,1-3H3,(H,26,28). The highest BCUT2D eigenvalue weighted by atomic mass is 32.2. The van der Waals surface area contributed by atoms with E-state index in [0.717, 1.165) is 0 Å². The van der Waals surface area contributed by atoms with Crippen molar-refractivity contribution in [3.8, 4) is 11.8 Å². The summed E-state index contributed by atoms with van der Waals surface area (Å²) in [6.07, 6.45) is 0.768. The van der Waals surface area contributed by atoms with Crippen molar-refractivity contribution in [2.45, 2.75) is 31.6 Å². The molecule has 2 heterocycles. The molecule has 11 heteroatoms. The summed E-state index contributed by atoms with van der Waals surface area (Å²) in [5.74, 6) is -0.678. The van der Waals surface area contributed by atoms with Gasteiger partial charge < -0.3 is 14.4 Å². The van der Waals surface area contributed by atoms with E-state index >= 15 is 0 Å². The Hall–Kier alpha value is -3.65. The summed E-state index contributed by atoms with van der Waals surface area (Å²) in [7, 11) is -2.53. The van der Waals surface area contributed by atoms with Gasteiger partial charge in [0, 0.05) is 19.0 Å². The summed E-state index contributed by atoms with van der Waals surface area (Å²) < 4.78 is 37.3. The molecule has 1 aromatic heterocycles. The van der Waals surface area contributed by atoms with Crippen LogP contribution in [-0.2, 0) is 19.6 Å². The number of nitriles is 1. The lowest BCUT2D eigenvalue weighted by atomic mass is 9.96. The van der Waals surface area contributed by atoms with E-state index in [1.807, 2.05) is 4.90 Å². The van der Waals surface area contributed by atoms with Crippen molar-refractivity contribution >= 4 is 27.7 Å². The topological polar surface area (TPSA) is 139 Å². The highest BCUT2D eigenvalue weighted by molar-refractivity contribution is 7.90. The Balaban J connectivity index is 1.68. The van der Waals surface area contributed by atoms with Crippen LogP contribution in [0.25, 0.3) is 0 Å². The Morgan fingerprint density at radius 1 is 1.24 bits per heavy atom. The van der Waals surface area contributed by atoms with E-state index < -0.39 is 27.8 Å². The molecule has 2 aromatic rings. The maximum Gasteiger partial charge on any atom is 0.340 e. The Morgan fingerprint density at radius 3 is 2.44 bits per heavy atom. The van der Waals surface area contributed by atoms with Crippen LogP contribution in [0, 0.1) is 24.2 Å². The number of rotatable bonds is 7. The van der Waals surface area contributed by atoms with Gasteiger partial charge in [-0.15, -0.1) is 0 Å². The fraction of sp³-hybridized carbons (Fsp3) is 0.391. The summed E-state index contributed by atoms with van der Waals surface area (Å²) >= 11 is 0. The van der Waals surface area contributed by atoms with Gasteiger partial charge in [0.25, 0.3) is 10.0 Å². The number of benzene rings is 1. The lowest BCUT2D eigenvalue weighted by molar-refractivity contribution is -0.123. The van der Waals surface area contributed by atoms with Gasteiger partial charge >= 0.3 is 5.97 Å². The first-order chi connectivity index (χ1) is 16.2. The van der Waals surface area contributed by atoms with Gasteiger partial charge in [-0.1, -0.05) is 0 Å². The second-order valence-electron chi connectivity index (χ2n) is 7.73. The van der Waals surface area contributed by atoms with Crippen LogP contribution in [0.5, 0.6) is 5.75 Å². The lowest BCUT2D eigenvalue weighted by Crippen LogP contribution is -2.42. The summed E-state index contributed by atoms with van der Waals surface area (Å²) in [5, 5.41) is 9.58. The zero-order chi connectivity index (χ0) is 24.9. The molecule has 0 radical (unpaired) electrons. The maximum atomic E-state index is 12.7. The quantitative estimate of drug-likeness (QED) is 0.583. The van der Waals surface area contributed by atoms with Crippen molar-refractivity contribution < 1.29 is 27.5 Å². The second-order valence-corrected chi connectivity index (χ2v) is 9.41. The van der Waals surface area contributed by atoms with Gasteiger partial charge in [-0.3, -0.25) is 4.79 Å². The Labute approximate surface area is 198 Å². The number of amides is 1. The zero-order valence-corrected chi connectivity index (χ0v) is 20.0. The molecule has 0 aliphatic carbocycles. The molecule has 1 fully saturated rings. The maximum absolute atomic E-state index is 12.7. The number of aromatic nitrogens is 1. The average Bonchev–Trinajstić information content (AvgIpc) is 2.83. The van der Waals surface area contributed by atoms with Gasteiger partial charge in [0.15, 0.2) is 0 Å². The van der Waals surface area contributed by atoms with E-state index in [4.69, 9.17) is 9.47 Å². The number of hydrogen-bond acceptors (Lipinski definition) is 9. The molecule has 1 aromatic carbocycles. The molecule has 10 nitrogen and oxygen atoms in total. The van der Waals surface area contributed by atoms with Crippen LogP contribution >= 0.6 is 0 Å². The third-order valence-corrected chi connectivity index (χ3v) is 6.94. The van der Waals surface area contributed by atoms with Crippen LogP contribution in [0.4, 0.5) is 5.82 Å². The lowest BCUT2D eigenvalue weighted by Gasteiger charge is -2.32. The number of nitrogens with one attached hydrogen (secondary N) is 1. The molecular weight excluding hydrogens is 460 g/mol. The number of piperidine rings is 1. The average molecular weight is 487 g/mol. The summed E-state index contributed by atoms with van der Waals surface area (Å²) in [6.45, 7) is 4.39. The highest BCUT2D eigenvalue weighted by Gasteiger charge is 2.30. The van der Waals surface area contributed by atoms with Crippen LogP contribution in [0.15, 0.2) is 35.2 Å². The van der Waals surface area contributed by atoms with Gasteiger partial charge in [-0.05, 0) is 57.0 Å². The van der Waals surface area contributed by atoms with Crippen molar-refractivity contribution in [1.82, 2.24) is 9.71 Å². The van der Waals surface area contributed by atoms with Crippen molar-refractivity contribution in [2.24, 2.45) is 5.92 Å². The molecule has 1 amide bonds. The van der Waals surface area contributed by atoms with Crippen molar-refractivity contribution in [2.75, 3.05) is 31.7 Å². The number of methoxy groups -OCH3 is 1. The first kappa shape index (κ1) is 25.0. The minimum atomic E-state index is -4.00. The van der Waals surface area contributed by atoms with Crippen LogP contribution in [0.3, 0.4) is 0 Å². The van der Waals surface area contributed by atoms with Gasteiger partial charge in [0.2, 0.25) is 5.91 Å². The summed E-state index contributed by atoms with van der Waals surface area (Å²) in [4.78, 5) is 31.0. The van der Waals surface area contributed by atoms with Crippen molar-refractivity contribution in [3.63, 3.8) is 0 Å². The fourth-order valence-electron chi connectivity index (χ4n) is 3.71. The van der Waals surface area contributed by atoms with E-state index in [9.17, 15) is 23.3 Å². The normalized spacial score (nSPS) is 14.2. The molecule has 3 rings (SSSR count). The number of carbonyl (C=O) groups is 2. The molecule has 0 unspecified atom stereocenters. The summed E-state index contributed by atoms with van der Waals surface area (Å²) in [6, 6.07) is 9.29. The largest absolute Gasteiger partial charge is 0.497 e. The number of sulfonamides is 1. The molecular formula is C23H26N4O6S. The van der Waals surface area contributed by atoms with E-state index in [1.165, 1.54) is 37.4 Å². The smallest absolute Gasteiger partial charge is 0.340 e. The van der Waals surface area contributed by atoms with Gasteiger partial charge in [0.05, 0.1) is 35.4 Å². The van der Waals surface area contributed by atoms with Crippen LogP contribution in [0.1, 0.15) is 41.4 Å². The number of ether oxygens (including phenoxy) is 2. The van der Waals surface area contributed by atoms with Gasteiger partial charge in [-0.25, -0.2) is 22.9 Å². The molecule has 34 heavy (non-hydrogen) atoms. The highest BCUT2D eigenvalue weighted by Crippen LogP contribution is 2.27. The van der Waals surface area contributed by atoms with Crippen LogP contribution < -0.4 is 14.4 Å². The molecule has 1 aliphatic heterocycles. The number of hydrogen-bond donors (Lipinski definition) is 1. The Kier molecular flexibility index (Phi) is 7.73. The van der Waals surface area contributed by atoms with E-state index in [0.29, 0.717) is 43.2 Å². The van der Waals surface area contributed by atoms with E-state index in [1.54, 1.807) is 13.8 Å². The first-order valence-corrected chi connectivity index (χ1v) is 12.2. The SMILES string of the molecule is CCOC(=O)c1cc(C#N)c(N2CCC(C(=O)NS(=O)(=O)c3ccc(OC)cc3)CC2)nc1C. The number of carbonyl (C=O) groups excluding carboxylic acids is 2. The minimum Gasteiger partial charge on any atom is -0.497 e. The van der Waals surface area contributed by atoms with E-state index in [2.05, 4.69) is 15.8 Å². The minimum absolute atomic E-state index is 0.0286. The number of nitrogens with zero attached hydrogens (tertiary/aromatic N) is 3. The number of aryl methyl sites for hydroxylation is 1. The third kappa shape index (κ3) is 5.46. The number of esters is 1. The van der Waals surface area contributed by atoms with Crippen molar-refractivity contribution in [3.05, 3.63) is 47.2 Å². The number of pyridine rings is 1. The third-order valence-electron chi connectivity index (χ3n) is 5.58. The molecule has 0 atom stereocenters. The predicted octanol–water partition coefficient (Wildman–Crippen LogP) is 2.17. The molecule has 0 bridgehead atoms. The molecule has 1 N–H and O–H groups in total. The zero-order valence-electron chi connectivity index (χ0n) is 19.2. The van der Waals surface area contributed by atoms with Gasteiger partial charge in [-0.2, -0.15) is 5.26 Å². The van der Waals surface area contributed by atoms with Crippen LogP contribution in [-0.4, -0.2) is 52.1 Å². The molecule has 1 aliphatic rings. The van der Waals surface area contributed by atoms with Gasteiger partial charge in [0.1, 0.15) is 17.6 Å². The Morgan fingerprint density at radius 2 is 1.88 bits per heavy atom. The van der Waals surface area contributed by atoms with Crippen molar-refractivity contribution in [1.29, 1.82) is 5.26 Å². The molecule has 0 spiro atoms. The fourth-order valence-corrected chi connectivity index (χ4v) is 4.76.